The highest BCUT2D eigenvalue weighted by Gasteiger charge is 2.35. The predicted molar refractivity (Wildman–Crippen MR) is 75.7 cm³/mol. The number of hydrogen-bond donors (Lipinski definition) is 0. The summed E-state index contributed by atoms with van der Waals surface area (Å²) in [6.07, 6.45) is 1.80. The number of nitrogens with zero attached hydrogens (tertiary/aromatic N) is 4. The van der Waals surface area contributed by atoms with Gasteiger partial charge in [-0.05, 0) is 18.2 Å². The van der Waals surface area contributed by atoms with E-state index >= 15 is 0 Å². The van der Waals surface area contributed by atoms with Crippen LogP contribution in [0.25, 0.3) is 5.69 Å². The largest absolute Gasteiger partial charge is 0.276 e. The van der Waals surface area contributed by atoms with Crippen LogP contribution in [0.2, 0.25) is 5.02 Å². The van der Waals surface area contributed by atoms with Gasteiger partial charge in [-0.3, -0.25) is 14.5 Å². The Morgan fingerprint density at radius 1 is 1.41 bits per heavy atom. The van der Waals surface area contributed by atoms with Crippen molar-refractivity contribution in [2.24, 2.45) is 5.92 Å². The number of amides is 2. The number of likely N-dealkylation sites (tertiary alicyclic amines) is 1. The molecule has 114 valence electrons. The molecule has 1 aliphatic heterocycles. The molecule has 1 aromatic carbocycles. The van der Waals surface area contributed by atoms with Crippen LogP contribution < -0.4 is 0 Å². The van der Waals surface area contributed by atoms with Crippen LogP contribution in [-0.4, -0.2) is 31.7 Å². The summed E-state index contributed by atoms with van der Waals surface area (Å²) >= 11 is 5.73. The predicted octanol–water partition coefficient (Wildman–Crippen LogP) is 1.95. The van der Waals surface area contributed by atoms with Gasteiger partial charge in [0.05, 0.1) is 23.5 Å². The maximum atomic E-state index is 13.2. The van der Waals surface area contributed by atoms with E-state index in [1.807, 2.05) is 0 Å². The molecule has 8 heteroatoms. The minimum absolute atomic E-state index is 0.0201. The van der Waals surface area contributed by atoms with Gasteiger partial charge in [0.25, 0.3) is 0 Å². The molecule has 1 aliphatic rings. The Morgan fingerprint density at radius 2 is 2.18 bits per heavy atom. The first-order valence-corrected chi connectivity index (χ1v) is 7.04. The van der Waals surface area contributed by atoms with E-state index in [-0.39, 0.29) is 35.7 Å². The lowest BCUT2D eigenvalue weighted by Gasteiger charge is -2.11. The van der Waals surface area contributed by atoms with Gasteiger partial charge in [0.1, 0.15) is 11.5 Å². The Morgan fingerprint density at radius 3 is 2.82 bits per heavy atom. The molecular weight excluding hydrogens is 311 g/mol. The number of benzene rings is 1. The highest BCUT2D eigenvalue weighted by atomic mass is 35.5. The van der Waals surface area contributed by atoms with E-state index in [0.29, 0.717) is 11.4 Å². The van der Waals surface area contributed by atoms with E-state index in [9.17, 15) is 14.0 Å². The fraction of sp³-hybridized carbons (Fsp3) is 0.286. The fourth-order valence-corrected chi connectivity index (χ4v) is 2.48. The van der Waals surface area contributed by atoms with E-state index in [2.05, 4.69) is 10.3 Å². The van der Waals surface area contributed by atoms with Gasteiger partial charge in [-0.25, -0.2) is 9.07 Å². The Bertz CT molecular complexity index is 761. The fourth-order valence-electron chi connectivity index (χ4n) is 2.30. The number of imide groups is 1. The van der Waals surface area contributed by atoms with Crippen LogP contribution in [-0.2, 0) is 16.1 Å². The third-order valence-electron chi connectivity index (χ3n) is 3.50. The summed E-state index contributed by atoms with van der Waals surface area (Å²) in [6, 6.07) is 4.16. The molecule has 1 saturated heterocycles. The summed E-state index contributed by atoms with van der Waals surface area (Å²) in [4.78, 5) is 24.8. The van der Waals surface area contributed by atoms with Gasteiger partial charge in [-0.15, -0.1) is 5.10 Å². The quantitative estimate of drug-likeness (QED) is 0.810. The lowest BCUT2D eigenvalue weighted by atomic mass is 10.1. The molecule has 6 nitrogen and oxygen atoms in total. The SMILES string of the molecule is C[C@@H]1CC(=O)N(Cc2cn(-c3ccc(F)c(Cl)c3)nn2)C1=O. The molecule has 22 heavy (non-hydrogen) atoms. The highest BCUT2D eigenvalue weighted by molar-refractivity contribution is 6.30. The topological polar surface area (TPSA) is 68.1 Å². The van der Waals surface area contributed by atoms with E-state index < -0.39 is 5.82 Å². The second-order valence-corrected chi connectivity index (χ2v) is 5.58. The number of rotatable bonds is 3. The number of carbonyl (C=O) groups is 2. The van der Waals surface area contributed by atoms with Gasteiger partial charge >= 0.3 is 0 Å². The van der Waals surface area contributed by atoms with Gasteiger partial charge in [0.2, 0.25) is 11.8 Å². The van der Waals surface area contributed by atoms with Crippen LogP contribution in [0.5, 0.6) is 0 Å². The van der Waals surface area contributed by atoms with Crippen molar-refractivity contribution in [1.29, 1.82) is 0 Å². The van der Waals surface area contributed by atoms with E-state index in [0.717, 1.165) is 0 Å². The van der Waals surface area contributed by atoms with Gasteiger partial charge in [-0.2, -0.15) is 0 Å². The first-order valence-electron chi connectivity index (χ1n) is 6.66. The Balaban J connectivity index is 1.81. The van der Waals surface area contributed by atoms with Crippen molar-refractivity contribution in [3.63, 3.8) is 0 Å². The normalized spacial score (nSPS) is 18.3. The van der Waals surface area contributed by atoms with E-state index in [1.54, 1.807) is 13.1 Å². The number of halogens is 2. The van der Waals surface area contributed by atoms with Crippen molar-refractivity contribution < 1.29 is 14.0 Å². The summed E-state index contributed by atoms with van der Waals surface area (Å²) in [6.45, 7) is 1.80. The molecule has 2 amide bonds. The van der Waals surface area contributed by atoms with Crippen LogP contribution in [0.15, 0.2) is 24.4 Å². The van der Waals surface area contributed by atoms with Crippen molar-refractivity contribution in [2.45, 2.75) is 19.9 Å². The monoisotopic (exact) mass is 322 g/mol. The minimum Gasteiger partial charge on any atom is -0.276 e. The minimum atomic E-state index is -0.520. The smallest absolute Gasteiger partial charge is 0.232 e. The lowest BCUT2D eigenvalue weighted by Crippen LogP contribution is -2.29. The summed E-state index contributed by atoms with van der Waals surface area (Å²) in [7, 11) is 0. The number of hydrogen-bond acceptors (Lipinski definition) is 4. The van der Waals surface area contributed by atoms with Crippen molar-refractivity contribution >= 4 is 23.4 Å². The molecule has 0 radical (unpaired) electrons. The van der Waals surface area contributed by atoms with Crippen LogP contribution in [0.1, 0.15) is 19.0 Å². The summed E-state index contributed by atoms with van der Waals surface area (Å²) < 4.78 is 14.6. The van der Waals surface area contributed by atoms with Gasteiger partial charge < -0.3 is 0 Å². The molecule has 2 heterocycles. The first kappa shape index (κ1) is 14.6. The molecular formula is C14H12ClFN4O2. The summed E-state index contributed by atoms with van der Waals surface area (Å²) in [5, 5.41) is 7.82. The molecule has 2 aromatic rings. The summed E-state index contributed by atoms with van der Waals surface area (Å²) in [5.74, 6) is -1.23. The van der Waals surface area contributed by atoms with Crippen molar-refractivity contribution in [2.75, 3.05) is 0 Å². The second-order valence-electron chi connectivity index (χ2n) is 5.18. The van der Waals surface area contributed by atoms with Crippen LogP contribution in [0.3, 0.4) is 0 Å². The average Bonchev–Trinajstić information content (AvgIpc) is 3.03. The molecule has 0 N–H and O–H groups in total. The maximum absolute atomic E-state index is 13.2. The maximum Gasteiger partial charge on any atom is 0.232 e. The molecule has 0 bridgehead atoms. The van der Waals surface area contributed by atoms with E-state index in [4.69, 9.17) is 11.6 Å². The van der Waals surface area contributed by atoms with Crippen molar-refractivity contribution in [3.05, 3.63) is 40.9 Å². The van der Waals surface area contributed by atoms with Crippen LogP contribution in [0.4, 0.5) is 4.39 Å². The van der Waals surface area contributed by atoms with Gasteiger partial charge in [0.15, 0.2) is 0 Å². The zero-order valence-corrected chi connectivity index (χ0v) is 12.4. The van der Waals surface area contributed by atoms with Gasteiger partial charge in [0, 0.05) is 12.3 Å². The molecule has 3 rings (SSSR count). The highest BCUT2D eigenvalue weighted by Crippen LogP contribution is 2.21. The standard InChI is InChI=1S/C14H12ClFN4O2/c1-8-4-13(21)19(14(8)22)6-9-7-20(18-17-9)10-2-3-12(16)11(15)5-10/h2-3,5,7-8H,4,6H2,1H3/t8-/m1/s1. The zero-order valence-electron chi connectivity index (χ0n) is 11.7. The summed E-state index contributed by atoms with van der Waals surface area (Å²) in [5.41, 5.74) is 1.01. The molecule has 1 aromatic heterocycles. The van der Waals surface area contributed by atoms with Crippen LogP contribution in [0, 0.1) is 11.7 Å². The molecule has 1 fully saturated rings. The van der Waals surface area contributed by atoms with Crippen molar-refractivity contribution in [1.82, 2.24) is 19.9 Å². The molecule has 0 spiro atoms. The third-order valence-corrected chi connectivity index (χ3v) is 3.79. The van der Waals surface area contributed by atoms with Gasteiger partial charge in [-0.1, -0.05) is 23.7 Å². The Labute approximate surface area is 130 Å². The number of carbonyl (C=O) groups excluding carboxylic acids is 2. The number of aromatic nitrogens is 3. The average molecular weight is 323 g/mol. The third kappa shape index (κ3) is 2.59. The lowest BCUT2D eigenvalue weighted by molar-refractivity contribution is -0.140. The zero-order chi connectivity index (χ0) is 15.9. The molecule has 1 atom stereocenters. The second kappa shape index (κ2) is 5.49. The van der Waals surface area contributed by atoms with Crippen LogP contribution >= 0.6 is 11.6 Å². The first-order chi connectivity index (χ1) is 10.5. The molecule has 0 saturated carbocycles. The molecule has 0 aliphatic carbocycles. The Kier molecular flexibility index (Phi) is 3.66. The van der Waals surface area contributed by atoms with Crippen molar-refractivity contribution in [3.8, 4) is 5.69 Å². The molecule has 0 unspecified atom stereocenters. The Hall–Kier alpha value is -2.28. The van der Waals surface area contributed by atoms with E-state index in [1.165, 1.54) is 27.8 Å².